The molecule has 0 aliphatic rings. The van der Waals surface area contributed by atoms with Crippen LogP contribution in [0.3, 0.4) is 0 Å². The first-order chi connectivity index (χ1) is 10.9. The quantitative estimate of drug-likeness (QED) is 0.719. The summed E-state index contributed by atoms with van der Waals surface area (Å²) >= 11 is 7.18. The zero-order chi connectivity index (χ0) is 16.7. The van der Waals surface area contributed by atoms with Gasteiger partial charge in [-0.3, -0.25) is 4.79 Å². The van der Waals surface area contributed by atoms with Crippen molar-refractivity contribution in [3.05, 3.63) is 67.6 Å². The number of carbonyl (C=O) groups is 1. The maximum absolute atomic E-state index is 12.4. The molecule has 0 atom stereocenters. The van der Waals surface area contributed by atoms with Gasteiger partial charge in [0.05, 0.1) is 0 Å². The maximum atomic E-state index is 12.4. The number of halogens is 1. The number of benzene rings is 2. The minimum atomic E-state index is -1.22. The van der Waals surface area contributed by atoms with Crippen LogP contribution in [0, 0.1) is 13.8 Å². The molecule has 3 aromatic rings. The van der Waals surface area contributed by atoms with Crippen LogP contribution in [0.2, 0.25) is 5.02 Å². The molecule has 3 rings (SSSR count). The molecule has 0 fully saturated rings. The summed E-state index contributed by atoms with van der Waals surface area (Å²) in [6.45, 7) is 3.75. The molecule has 1 heterocycles. The molecule has 0 saturated heterocycles. The zero-order valence-corrected chi connectivity index (χ0v) is 14.1. The van der Waals surface area contributed by atoms with Crippen molar-refractivity contribution in [2.45, 2.75) is 13.8 Å². The van der Waals surface area contributed by atoms with Crippen molar-refractivity contribution < 1.29 is 9.90 Å². The van der Waals surface area contributed by atoms with Gasteiger partial charge in [0.1, 0.15) is 5.56 Å². The van der Waals surface area contributed by atoms with E-state index in [2.05, 4.69) is 0 Å². The van der Waals surface area contributed by atoms with Crippen molar-refractivity contribution in [3.63, 3.8) is 0 Å². The smallest absolute Gasteiger partial charge is 0.341 e. The van der Waals surface area contributed by atoms with Crippen LogP contribution in [0.15, 0.2) is 41.2 Å². The van der Waals surface area contributed by atoms with E-state index in [4.69, 9.17) is 11.6 Å². The highest BCUT2D eigenvalue weighted by molar-refractivity contribution is 7.16. The first-order valence-corrected chi connectivity index (χ1v) is 8.16. The molecule has 1 aromatic heterocycles. The second kappa shape index (κ2) is 5.80. The molecule has 3 nitrogen and oxygen atoms in total. The number of hydrogen-bond acceptors (Lipinski definition) is 3. The summed E-state index contributed by atoms with van der Waals surface area (Å²) in [4.78, 5) is 24.1. The lowest BCUT2D eigenvalue weighted by molar-refractivity contribution is 0.0697. The van der Waals surface area contributed by atoms with Crippen molar-refractivity contribution in [2.24, 2.45) is 0 Å². The first kappa shape index (κ1) is 15.7. The van der Waals surface area contributed by atoms with Crippen LogP contribution in [0.5, 0.6) is 0 Å². The van der Waals surface area contributed by atoms with Crippen molar-refractivity contribution in [1.29, 1.82) is 0 Å². The van der Waals surface area contributed by atoms with E-state index in [9.17, 15) is 14.7 Å². The van der Waals surface area contributed by atoms with Gasteiger partial charge in [-0.2, -0.15) is 0 Å². The zero-order valence-electron chi connectivity index (χ0n) is 12.5. The van der Waals surface area contributed by atoms with Crippen LogP contribution in [0.4, 0.5) is 0 Å². The van der Waals surface area contributed by atoms with Crippen LogP contribution < -0.4 is 4.74 Å². The fraction of sp³-hybridized carbons (Fsp3) is 0.111. The Morgan fingerprint density at radius 2 is 1.83 bits per heavy atom. The molecule has 23 heavy (non-hydrogen) atoms. The topological polar surface area (TPSA) is 54.4 Å². The van der Waals surface area contributed by atoms with Gasteiger partial charge < -0.3 is 5.11 Å². The molecule has 0 spiro atoms. The largest absolute Gasteiger partial charge is 0.477 e. The average Bonchev–Trinajstić information content (AvgIpc) is 2.48. The Hall–Kier alpha value is -2.17. The number of carboxylic acid groups (broad SMARTS) is 1. The molecule has 0 saturated carbocycles. The second-order valence-electron chi connectivity index (χ2n) is 5.36. The molecule has 0 radical (unpaired) electrons. The van der Waals surface area contributed by atoms with Crippen LogP contribution in [-0.4, -0.2) is 11.1 Å². The maximum Gasteiger partial charge on any atom is 0.341 e. The number of aryl methyl sites for hydroxylation is 2. The number of rotatable bonds is 2. The third-order valence-corrected chi connectivity index (χ3v) is 5.17. The third-order valence-electron chi connectivity index (χ3n) is 3.82. The predicted octanol–water partition coefficient (Wildman–Crippen LogP) is 4.90. The Labute approximate surface area is 141 Å². The third kappa shape index (κ3) is 2.64. The number of hydrogen-bond donors (Lipinski definition) is 1. The molecular formula is C18H13ClO3S. The minimum Gasteiger partial charge on any atom is -0.477 e. The van der Waals surface area contributed by atoms with Gasteiger partial charge in [0.15, 0.2) is 0 Å². The number of fused-ring (bicyclic) bond motifs is 1. The second-order valence-corrected chi connectivity index (χ2v) is 6.78. The summed E-state index contributed by atoms with van der Waals surface area (Å²) < 4.78 is 0.283. The van der Waals surface area contributed by atoms with E-state index in [0.29, 0.717) is 16.0 Å². The highest BCUT2D eigenvalue weighted by atomic mass is 35.5. The normalized spacial score (nSPS) is 10.9. The lowest BCUT2D eigenvalue weighted by Crippen LogP contribution is -2.14. The van der Waals surface area contributed by atoms with Crippen LogP contribution in [0.25, 0.3) is 21.2 Å². The molecule has 5 heteroatoms. The molecule has 2 aromatic carbocycles. The van der Waals surface area contributed by atoms with E-state index < -0.39 is 10.7 Å². The van der Waals surface area contributed by atoms with E-state index in [1.165, 1.54) is 0 Å². The summed E-state index contributed by atoms with van der Waals surface area (Å²) in [6, 6.07) is 11.0. The molecule has 0 aliphatic heterocycles. The average molecular weight is 345 g/mol. The van der Waals surface area contributed by atoms with Crippen LogP contribution in [0.1, 0.15) is 21.5 Å². The van der Waals surface area contributed by atoms with E-state index >= 15 is 0 Å². The van der Waals surface area contributed by atoms with Gasteiger partial charge in [-0.15, -0.1) is 0 Å². The molecule has 0 bridgehead atoms. The fourth-order valence-corrected chi connectivity index (χ4v) is 3.81. The summed E-state index contributed by atoms with van der Waals surface area (Å²) in [6.07, 6.45) is 0. The van der Waals surface area contributed by atoms with Gasteiger partial charge in [-0.1, -0.05) is 47.2 Å². The van der Waals surface area contributed by atoms with Crippen molar-refractivity contribution >= 4 is 39.0 Å². The number of aromatic carboxylic acids is 1. The van der Waals surface area contributed by atoms with E-state index in [0.717, 1.165) is 32.7 Å². The van der Waals surface area contributed by atoms with Crippen LogP contribution >= 0.6 is 22.9 Å². The van der Waals surface area contributed by atoms with Crippen LogP contribution in [-0.2, 0) is 0 Å². The Balaban J connectivity index is 2.58. The summed E-state index contributed by atoms with van der Waals surface area (Å²) in [7, 11) is 0. The number of carboxylic acids is 1. The molecule has 0 aliphatic carbocycles. The Bertz CT molecular complexity index is 1010. The van der Waals surface area contributed by atoms with E-state index in [1.54, 1.807) is 6.07 Å². The fourth-order valence-electron chi connectivity index (χ4n) is 2.65. The monoisotopic (exact) mass is 344 g/mol. The minimum absolute atomic E-state index is 0.197. The predicted molar refractivity (Wildman–Crippen MR) is 95.0 cm³/mol. The Morgan fingerprint density at radius 3 is 2.48 bits per heavy atom. The highest BCUT2D eigenvalue weighted by Crippen LogP contribution is 2.36. The van der Waals surface area contributed by atoms with Gasteiger partial charge in [-0.05, 0) is 42.7 Å². The summed E-state index contributed by atoms with van der Waals surface area (Å²) in [5.41, 5.74) is 2.74. The van der Waals surface area contributed by atoms with Gasteiger partial charge in [-0.25, -0.2) is 4.79 Å². The van der Waals surface area contributed by atoms with Gasteiger partial charge in [0.25, 0.3) is 0 Å². The molecule has 1 N–H and O–H groups in total. The van der Waals surface area contributed by atoms with E-state index in [-0.39, 0.29) is 5.56 Å². The summed E-state index contributed by atoms with van der Waals surface area (Å²) in [5.74, 6) is -1.22. The lowest BCUT2D eigenvalue weighted by atomic mass is 9.94. The lowest BCUT2D eigenvalue weighted by Gasteiger charge is -2.13. The first-order valence-electron chi connectivity index (χ1n) is 6.96. The van der Waals surface area contributed by atoms with Crippen molar-refractivity contribution in [3.8, 4) is 11.1 Å². The van der Waals surface area contributed by atoms with Gasteiger partial charge in [0, 0.05) is 20.7 Å². The Kier molecular flexibility index (Phi) is 3.96. The van der Waals surface area contributed by atoms with E-state index in [1.807, 2.05) is 44.2 Å². The summed E-state index contributed by atoms with van der Waals surface area (Å²) in [5, 5.41) is 10.8. The molecule has 116 valence electrons. The Morgan fingerprint density at radius 1 is 1.13 bits per heavy atom. The standard InChI is InChI=1S/C18H13ClO3S/c1-9-5-3-4-6-11(9)15-12-8-13(19)10(2)7-14(12)23-18(22)16(15)17(20)21/h3-8H,1-2H3,(H,20,21). The van der Waals surface area contributed by atoms with Gasteiger partial charge >= 0.3 is 5.97 Å². The molecular weight excluding hydrogens is 332 g/mol. The SMILES string of the molecule is Cc1cc2sc(=O)c(C(=O)O)c(-c3ccccc3C)c2cc1Cl. The van der Waals surface area contributed by atoms with Gasteiger partial charge in [0.2, 0.25) is 4.74 Å². The van der Waals surface area contributed by atoms with Crippen molar-refractivity contribution in [2.75, 3.05) is 0 Å². The molecule has 0 amide bonds. The van der Waals surface area contributed by atoms with Crippen molar-refractivity contribution in [1.82, 2.24) is 0 Å². The highest BCUT2D eigenvalue weighted by Gasteiger charge is 2.21. The molecule has 0 unspecified atom stereocenters.